The highest BCUT2D eigenvalue weighted by molar-refractivity contribution is 7.16. The molecular weight excluding hydrogens is 338 g/mol. The highest BCUT2D eigenvalue weighted by Gasteiger charge is 2.23. The van der Waals surface area contributed by atoms with Crippen molar-refractivity contribution in [2.75, 3.05) is 19.0 Å². The van der Waals surface area contributed by atoms with Crippen LogP contribution in [0.5, 0.6) is 5.75 Å². The molecule has 1 amide bonds. The molecule has 0 radical (unpaired) electrons. The Bertz CT molecular complexity index is 767. The van der Waals surface area contributed by atoms with Crippen LogP contribution in [-0.2, 0) is 22.4 Å². The van der Waals surface area contributed by atoms with Gasteiger partial charge < -0.3 is 14.8 Å². The Kier molecular flexibility index (Phi) is 6.58. The van der Waals surface area contributed by atoms with Gasteiger partial charge in [-0.1, -0.05) is 19.1 Å². The second-order valence-electron chi connectivity index (χ2n) is 5.49. The predicted molar refractivity (Wildman–Crippen MR) is 99.7 cm³/mol. The molecule has 1 heterocycles. The standard InChI is InChI=1S/C19H23NO4S/c1-5-15-12(3)25-18(17(15)19(22)24-6-2)20-16(21)11-13-8-7-9-14(10-13)23-4/h7-10H,5-6,11H2,1-4H3,(H,20,21). The summed E-state index contributed by atoms with van der Waals surface area (Å²) in [6, 6.07) is 7.36. The molecule has 0 fully saturated rings. The van der Waals surface area contributed by atoms with Gasteiger partial charge in [0.15, 0.2) is 0 Å². The van der Waals surface area contributed by atoms with Crippen molar-refractivity contribution in [3.8, 4) is 5.75 Å². The minimum Gasteiger partial charge on any atom is -0.497 e. The molecule has 0 spiro atoms. The zero-order valence-electron chi connectivity index (χ0n) is 15.0. The Morgan fingerprint density at radius 1 is 1.24 bits per heavy atom. The van der Waals surface area contributed by atoms with E-state index in [-0.39, 0.29) is 18.3 Å². The Balaban J connectivity index is 2.21. The molecule has 0 unspecified atom stereocenters. The van der Waals surface area contributed by atoms with E-state index in [9.17, 15) is 9.59 Å². The number of amides is 1. The summed E-state index contributed by atoms with van der Waals surface area (Å²) in [7, 11) is 1.59. The molecule has 1 aromatic heterocycles. The average molecular weight is 361 g/mol. The Hall–Kier alpha value is -2.34. The largest absolute Gasteiger partial charge is 0.497 e. The maximum absolute atomic E-state index is 12.4. The maximum atomic E-state index is 12.4. The zero-order chi connectivity index (χ0) is 18.4. The molecule has 0 aliphatic heterocycles. The van der Waals surface area contributed by atoms with Crippen LogP contribution < -0.4 is 10.1 Å². The molecule has 2 rings (SSSR count). The topological polar surface area (TPSA) is 64.6 Å². The van der Waals surface area contributed by atoms with Crippen LogP contribution in [0.25, 0.3) is 0 Å². The quantitative estimate of drug-likeness (QED) is 0.758. The molecule has 0 saturated carbocycles. The SMILES string of the molecule is CCOC(=O)c1c(NC(=O)Cc2cccc(OC)c2)sc(C)c1CC. The smallest absolute Gasteiger partial charge is 0.341 e. The lowest BCUT2D eigenvalue weighted by Crippen LogP contribution is -2.17. The molecule has 0 atom stereocenters. The fraction of sp³-hybridized carbons (Fsp3) is 0.368. The molecule has 6 heteroatoms. The number of aryl methyl sites for hydroxylation is 1. The summed E-state index contributed by atoms with van der Waals surface area (Å²) in [4.78, 5) is 25.7. The average Bonchev–Trinajstić information content (AvgIpc) is 2.90. The number of nitrogens with one attached hydrogen (secondary N) is 1. The van der Waals surface area contributed by atoms with Crippen LogP contribution >= 0.6 is 11.3 Å². The molecule has 0 bridgehead atoms. The van der Waals surface area contributed by atoms with Crippen molar-refractivity contribution in [3.63, 3.8) is 0 Å². The fourth-order valence-electron chi connectivity index (χ4n) is 2.65. The lowest BCUT2D eigenvalue weighted by Gasteiger charge is -2.08. The van der Waals surface area contributed by atoms with Crippen molar-refractivity contribution in [1.29, 1.82) is 0 Å². The highest BCUT2D eigenvalue weighted by atomic mass is 32.1. The molecule has 5 nitrogen and oxygen atoms in total. The first-order chi connectivity index (χ1) is 12.0. The van der Waals surface area contributed by atoms with E-state index >= 15 is 0 Å². The summed E-state index contributed by atoms with van der Waals surface area (Å²) in [6.07, 6.45) is 0.917. The Morgan fingerprint density at radius 3 is 2.64 bits per heavy atom. The number of hydrogen-bond donors (Lipinski definition) is 1. The third-order valence-electron chi connectivity index (χ3n) is 3.79. The van der Waals surface area contributed by atoms with Crippen LogP contribution in [0.2, 0.25) is 0 Å². The second kappa shape index (κ2) is 8.67. The van der Waals surface area contributed by atoms with Crippen LogP contribution in [0.15, 0.2) is 24.3 Å². The van der Waals surface area contributed by atoms with E-state index in [4.69, 9.17) is 9.47 Å². The van der Waals surface area contributed by atoms with Crippen LogP contribution in [0.4, 0.5) is 5.00 Å². The predicted octanol–water partition coefficient (Wildman–Crippen LogP) is 3.99. The molecule has 2 aromatic rings. The van der Waals surface area contributed by atoms with Crippen molar-refractivity contribution in [2.45, 2.75) is 33.6 Å². The number of methoxy groups -OCH3 is 1. The minimum absolute atomic E-state index is 0.178. The van der Waals surface area contributed by atoms with Crippen molar-refractivity contribution >= 4 is 28.2 Å². The summed E-state index contributed by atoms with van der Waals surface area (Å²) in [5, 5.41) is 3.43. The van der Waals surface area contributed by atoms with Gasteiger partial charge in [-0.3, -0.25) is 4.79 Å². The number of ether oxygens (including phenoxy) is 2. The number of benzene rings is 1. The van der Waals surface area contributed by atoms with Crippen molar-refractivity contribution in [2.24, 2.45) is 0 Å². The molecule has 0 aliphatic carbocycles. The molecule has 0 aliphatic rings. The number of carbonyl (C=O) groups excluding carboxylic acids is 2. The van der Waals surface area contributed by atoms with Crippen LogP contribution in [0.1, 0.15) is 40.2 Å². The van der Waals surface area contributed by atoms with E-state index in [0.29, 0.717) is 29.3 Å². The monoisotopic (exact) mass is 361 g/mol. The van der Waals surface area contributed by atoms with Gasteiger partial charge in [0, 0.05) is 4.88 Å². The third kappa shape index (κ3) is 4.60. The highest BCUT2D eigenvalue weighted by Crippen LogP contribution is 2.34. The van der Waals surface area contributed by atoms with Gasteiger partial charge in [-0.15, -0.1) is 11.3 Å². The summed E-state index contributed by atoms with van der Waals surface area (Å²) in [5.74, 6) is 0.140. The number of carbonyl (C=O) groups is 2. The van der Waals surface area contributed by atoms with E-state index in [1.54, 1.807) is 14.0 Å². The number of hydrogen-bond acceptors (Lipinski definition) is 5. The molecular formula is C19H23NO4S. The number of thiophene rings is 1. The first kappa shape index (κ1) is 19.0. The van der Waals surface area contributed by atoms with E-state index in [0.717, 1.165) is 16.0 Å². The normalized spacial score (nSPS) is 10.4. The molecule has 0 saturated heterocycles. The molecule has 134 valence electrons. The van der Waals surface area contributed by atoms with Gasteiger partial charge in [0.1, 0.15) is 10.8 Å². The Morgan fingerprint density at radius 2 is 2.00 bits per heavy atom. The summed E-state index contributed by atoms with van der Waals surface area (Å²) < 4.78 is 10.3. The first-order valence-electron chi connectivity index (χ1n) is 8.22. The Labute approximate surface area is 152 Å². The number of rotatable bonds is 7. The molecule has 1 N–H and O–H groups in total. The van der Waals surface area contributed by atoms with Gasteiger partial charge in [0.05, 0.1) is 25.7 Å². The van der Waals surface area contributed by atoms with Gasteiger partial charge in [-0.25, -0.2) is 4.79 Å². The van der Waals surface area contributed by atoms with Gasteiger partial charge in [0.25, 0.3) is 0 Å². The molecule has 25 heavy (non-hydrogen) atoms. The van der Waals surface area contributed by atoms with E-state index < -0.39 is 0 Å². The minimum atomic E-state index is -0.389. The van der Waals surface area contributed by atoms with Crippen molar-refractivity contribution < 1.29 is 19.1 Å². The zero-order valence-corrected chi connectivity index (χ0v) is 15.8. The van der Waals surface area contributed by atoms with Gasteiger partial charge >= 0.3 is 5.97 Å². The van der Waals surface area contributed by atoms with Gasteiger partial charge in [-0.2, -0.15) is 0 Å². The van der Waals surface area contributed by atoms with Crippen LogP contribution in [0, 0.1) is 6.92 Å². The summed E-state index contributed by atoms with van der Waals surface area (Å²) in [5.41, 5.74) is 2.25. The van der Waals surface area contributed by atoms with Crippen molar-refractivity contribution in [1.82, 2.24) is 0 Å². The first-order valence-corrected chi connectivity index (χ1v) is 9.03. The number of esters is 1. The fourth-order valence-corrected chi connectivity index (χ4v) is 3.80. The van der Waals surface area contributed by atoms with E-state index in [1.807, 2.05) is 38.1 Å². The lowest BCUT2D eigenvalue weighted by molar-refractivity contribution is -0.115. The third-order valence-corrected chi connectivity index (χ3v) is 4.86. The summed E-state index contributed by atoms with van der Waals surface area (Å²) >= 11 is 1.41. The molecule has 1 aromatic carbocycles. The summed E-state index contributed by atoms with van der Waals surface area (Å²) in [6.45, 7) is 6.00. The van der Waals surface area contributed by atoms with E-state index in [1.165, 1.54) is 11.3 Å². The lowest BCUT2D eigenvalue weighted by atomic mass is 10.1. The van der Waals surface area contributed by atoms with Crippen molar-refractivity contribution in [3.05, 3.63) is 45.8 Å². The maximum Gasteiger partial charge on any atom is 0.341 e. The van der Waals surface area contributed by atoms with Crippen LogP contribution in [-0.4, -0.2) is 25.6 Å². The van der Waals surface area contributed by atoms with Gasteiger partial charge in [0.2, 0.25) is 5.91 Å². The number of anilines is 1. The van der Waals surface area contributed by atoms with Crippen LogP contribution in [0.3, 0.4) is 0 Å². The van der Waals surface area contributed by atoms with E-state index in [2.05, 4.69) is 5.32 Å². The van der Waals surface area contributed by atoms with Gasteiger partial charge in [-0.05, 0) is 43.5 Å². The second-order valence-corrected chi connectivity index (χ2v) is 6.72.